The molecule has 0 spiro atoms. The van der Waals surface area contributed by atoms with Gasteiger partial charge in [0.2, 0.25) is 5.91 Å². The van der Waals surface area contributed by atoms with Crippen LogP contribution in [0, 0.1) is 23.1 Å². The molecule has 0 aliphatic heterocycles. The van der Waals surface area contributed by atoms with Gasteiger partial charge in [-0.25, -0.2) is 4.39 Å². The van der Waals surface area contributed by atoms with Crippen LogP contribution in [0.1, 0.15) is 12.0 Å². The van der Waals surface area contributed by atoms with E-state index in [0.29, 0.717) is 22.7 Å². The van der Waals surface area contributed by atoms with E-state index in [4.69, 9.17) is 9.47 Å². The molecule has 140 valence electrons. The van der Waals surface area contributed by atoms with Crippen molar-refractivity contribution in [2.75, 3.05) is 19.5 Å². The van der Waals surface area contributed by atoms with Crippen molar-refractivity contribution < 1.29 is 23.5 Å². The Morgan fingerprint density at radius 3 is 2.48 bits per heavy atom. The van der Waals surface area contributed by atoms with Gasteiger partial charge in [0.1, 0.15) is 5.82 Å². The molecule has 1 amide bonds. The van der Waals surface area contributed by atoms with E-state index in [0.717, 1.165) is 0 Å². The Morgan fingerprint density at radius 1 is 1.15 bits per heavy atom. The molecule has 2 aromatic carbocycles. The molecule has 27 heavy (non-hydrogen) atoms. The van der Waals surface area contributed by atoms with Gasteiger partial charge < -0.3 is 14.8 Å². The van der Waals surface area contributed by atoms with Crippen LogP contribution < -0.4 is 14.8 Å². The second kappa shape index (κ2) is 9.34. The standard InChI is InChI=1S/C20H19FN2O4/c1-26-18-10-8-14(11-19(18)27-2)23-20(25)15(12-22)17(24)9-7-13-5-3-4-6-16(13)21/h3-6,8,10-11,15H,7,9H2,1-2H3,(H,23,25). The number of benzene rings is 2. The van der Waals surface area contributed by atoms with Gasteiger partial charge >= 0.3 is 0 Å². The van der Waals surface area contributed by atoms with Crippen molar-refractivity contribution in [2.45, 2.75) is 12.8 Å². The fourth-order valence-electron chi connectivity index (χ4n) is 2.51. The third-order valence-corrected chi connectivity index (χ3v) is 3.96. The van der Waals surface area contributed by atoms with E-state index in [1.807, 2.05) is 0 Å². The van der Waals surface area contributed by atoms with Crippen molar-refractivity contribution in [1.29, 1.82) is 5.26 Å². The van der Waals surface area contributed by atoms with Crippen molar-refractivity contribution in [1.82, 2.24) is 0 Å². The molecule has 0 aromatic heterocycles. The second-order valence-electron chi connectivity index (χ2n) is 5.68. The molecule has 0 saturated carbocycles. The summed E-state index contributed by atoms with van der Waals surface area (Å²) in [5.41, 5.74) is 0.725. The minimum Gasteiger partial charge on any atom is -0.493 e. The number of amides is 1. The zero-order valence-corrected chi connectivity index (χ0v) is 15.0. The summed E-state index contributed by atoms with van der Waals surface area (Å²) in [6.07, 6.45) is 0.00579. The van der Waals surface area contributed by atoms with Crippen LogP contribution in [0.15, 0.2) is 42.5 Å². The van der Waals surface area contributed by atoms with Crippen LogP contribution >= 0.6 is 0 Å². The number of Topliss-reactive ketones (excluding diaryl/α,β-unsaturated/α-hetero) is 1. The van der Waals surface area contributed by atoms with Crippen molar-refractivity contribution in [3.8, 4) is 17.6 Å². The molecule has 0 radical (unpaired) electrons. The summed E-state index contributed by atoms with van der Waals surface area (Å²) in [5, 5.41) is 11.7. The van der Waals surface area contributed by atoms with E-state index in [2.05, 4.69) is 5.32 Å². The predicted octanol–water partition coefficient (Wildman–Crippen LogP) is 3.12. The maximum atomic E-state index is 13.6. The second-order valence-corrected chi connectivity index (χ2v) is 5.68. The Hall–Kier alpha value is -3.40. The lowest BCUT2D eigenvalue weighted by molar-refractivity contribution is -0.128. The molecule has 6 nitrogen and oxygen atoms in total. The molecule has 0 fully saturated rings. The Kier molecular flexibility index (Phi) is 6.89. The first-order chi connectivity index (χ1) is 13.0. The Morgan fingerprint density at radius 2 is 1.85 bits per heavy atom. The molecule has 1 N–H and O–H groups in total. The minimum absolute atomic E-state index is 0.113. The molecule has 0 bridgehead atoms. The van der Waals surface area contributed by atoms with Crippen LogP contribution in [0.25, 0.3) is 0 Å². The lowest BCUT2D eigenvalue weighted by Gasteiger charge is -2.12. The van der Waals surface area contributed by atoms with Crippen LogP contribution in [0.5, 0.6) is 11.5 Å². The van der Waals surface area contributed by atoms with Gasteiger partial charge in [-0.05, 0) is 30.2 Å². The predicted molar refractivity (Wildman–Crippen MR) is 97.0 cm³/mol. The molecular formula is C20H19FN2O4. The number of rotatable bonds is 8. The van der Waals surface area contributed by atoms with Gasteiger partial charge in [0.25, 0.3) is 0 Å². The van der Waals surface area contributed by atoms with E-state index in [9.17, 15) is 19.2 Å². The van der Waals surface area contributed by atoms with Crippen LogP contribution in [0.4, 0.5) is 10.1 Å². The number of nitrogens with one attached hydrogen (secondary N) is 1. The van der Waals surface area contributed by atoms with Gasteiger partial charge in [0.15, 0.2) is 23.2 Å². The highest BCUT2D eigenvalue weighted by Gasteiger charge is 2.26. The summed E-state index contributed by atoms with van der Waals surface area (Å²) in [4.78, 5) is 24.6. The molecule has 7 heteroatoms. The van der Waals surface area contributed by atoms with Gasteiger partial charge in [-0.1, -0.05) is 18.2 Å². The first-order valence-corrected chi connectivity index (χ1v) is 8.18. The first-order valence-electron chi connectivity index (χ1n) is 8.18. The lowest BCUT2D eigenvalue weighted by atomic mass is 9.98. The Bertz CT molecular complexity index is 877. The molecule has 0 heterocycles. The summed E-state index contributed by atoms with van der Waals surface area (Å²) in [6.45, 7) is 0. The Labute approximate surface area is 156 Å². The summed E-state index contributed by atoms with van der Waals surface area (Å²) >= 11 is 0. The van der Waals surface area contributed by atoms with Crippen molar-refractivity contribution in [3.05, 3.63) is 53.8 Å². The maximum absolute atomic E-state index is 13.6. The largest absolute Gasteiger partial charge is 0.493 e. The van der Waals surface area contributed by atoms with Crippen LogP contribution in [0.3, 0.4) is 0 Å². The molecule has 0 saturated heterocycles. The van der Waals surface area contributed by atoms with Gasteiger partial charge in [0.05, 0.1) is 20.3 Å². The van der Waals surface area contributed by atoms with Gasteiger partial charge in [0, 0.05) is 18.2 Å². The van der Waals surface area contributed by atoms with Crippen molar-refractivity contribution >= 4 is 17.4 Å². The fraction of sp³-hybridized carbons (Fsp3) is 0.250. The average molecular weight is 370 g/mol. The number of carbonyl (C=O) groups excluding carboxylic acids is 2. The number of nitrogens with zero attached hydrogens (tertiary/aromatic N) is 1. The number of anilines is 1. The SMILES string of the molecule is COc1ccc(NC(=O)C(C#N)C(=O)CCc2ccccc2F)cc1OC. The number of nitriles is 1. The number of aryl methyl sites for hydroxylation is 1. The molecule has 0 aliphatic carbocycles. The summed E-state index contributed by atoms with van der Waals surface area (Å²) in [6, 6.07) is 12.5. The number of methoxy groups -OCH3 is 2. The number of carbonyl (C=O) groups is 2. The third kappa shape index (κ3) is 5.05. The summed E-state index contributed by atoms with van der Waals surface area (Å²) < 4.78 is 23.9. The number of hydrogen-bond donors (Lipinski definition) is 1. The van der Waals surface area contributed by atoms with Gasteiger partial charge in [-0.3, -0.25) is 9.59 Å². The zero-order valence-electron chi connectivity index (χ0n) is 15.0. The third-order valence-electron chi connectivity index (χ3n) is 3.96. The van der Waals surface area contributed by atoms with E-state index in [1.54, 1.807) is 36.4 Å². The minimum atomic E-state index is -1.48. The smallest absolute Gasteiger partial charge is 0.249 e. The van der Waals surface area contributed by atoms with E-state index < -0.39 is 23.4 Å². The summed E-state index contributed by atoms with van der Waals surface area (Å²) in [7, 11) is 2.93. The van der Waals surface area contributed by atoms with Crippen molar-refractivity contribution in [3.63, 3.8) is 0 Å². The Balaban J connectivity index is 2.04. The van der Waals surface area contributed by atoms with E-state index >= 15 is 0 Å². The number of hydrogen-bond acceptors (Lipinski definition) is 5. The average Bonchev–Trinajstić information content (AvgIpc) is 2.67. The normalized spacial score (nSPS) is 11.2. The van der Waals surface area contributed by atoms with Crippen LogP contribution in [-0.4, -0.2) is 25.9 Å². The zero-order chi connectivity index (χ0) is 19.8. The molecule has 0 aliphatic rings. The highest BCUT2D eigenvalue weighted by Crippen LogP contribution is 2.30. The molecule has 2 aromatic rings. The van der Waals surface area contributed by atoms with E-state index in [1.165, 1.54) is 26.4 Å². The fourth-order valence-corrected chi connectivity index (χ4v) is 2.51. The number of halogens is 1. The molecule has 1 atom stereocenters. The maximum Gasteiger partial charge on any atom is 0.249 e. The lowest BCUT2D eigenvalue weighted by Crippen LogP contribution is -2.28. The topological polar surface area (TPSA) is 88.4 Å². The molecule has 1 unspecified atom stereocenters. The van der Waals surface area contributed by atoms with E-state index in [-0.39, 0.29) is 12.8 Å². The monoisotopic (exact) mass is 370 g/mol. The number of ether oxygens (including phenoxy) is 2. The van der Waals surface area contributed by atoms with Crippen LogP contribution in [-0.2, 0) is 16.0 Å². The molecule has 2 rings (SSSR count). The van der Waals surface area contributed by atoms with Crippen LogP contribution in [0.2, 0.25) is 0 Å². The summed E-state index contributed by atoms with van der Waals surface area (Å²) in [5.74, 6) is -2.34. The first kappa shape index (κ1) is 19.9. The highest BCUT2D eigenvalue weighted by atomic mass is 19.1. The quantitative estimate of drug-likeness (QED) is 0.721. The van der Waals surface area contributed by atoms with Crippen molar-refractivity contribution in [2.24, 2.45) is 5.92 Å². The number of ketones is 1. The van der Waals surface area contributed by atoms with Gasteiger partial charge in [-0.2, -0.15) is 5.26 Å². The molecular weight excluding hydrogens is 351 g/mol. The highest BCUT2D eigenvalue weighted by molar-refractivity contribution is 6.09. The van der Waals surface area contributed by atoms with Gasteiger partial charge in [-0.15, -0.1) is 0 Å².